The van der Waals surface area contributed by atoms with Crippen molar-refractivity contribution < 1.29 is 9.26 Å². The van der Waals surface area contributed by atoms with E-state index in [0.717, 1.165) is 18.4 Å². The number of methoxy groups -OCH3 is 1. The molecule has 0 saturated carbocycles. The van der Waals surface area contributed by atoms with Crippen LogP contribution in [0, 0.1) is 6.92 Å². The fourth-order valence-electron chi connectivity index (χ4n) is 1.78. The second kappa shape index (κ2) is 6.45. The zero-order valence-electron chi connectivity index (χ0n) is 11.3. The van der Waals surface area contributed by atoms with E-state index >= 15 is 0 Å². The Morgan fingerprint density at radius 2 is 2.05 bits per heavy atom. The molecule has 0 saturated heterocycles. The van der Waals surface area contributed by atoms with Gasteiger partial charge in [-0.05, 0) is 19.8 Å². The van der Waals surface area contributed by atoms with Gasteiger partial charge in [0.15, 0.2) is 0 Å². The molecule has 2 rings (SSSR count). The summed E-state index contributed by atoms with van der Waals surface area (Å²) >= 11 is 0. The van der Waals surface area contributed by atoms with Crippen molar-refractivity contribution in [3.63, 3.8) is 0 Å². The molecular formula is C14H19N3O2. The van der Waals surface area contributed by atoms with E-state index in [9.17, 15) is 0 Å². The third-order valence-electron chi connectivity index (χ3n) is 2.93. The third kappa shape index (κ3) is 3.62. The second-order valence-electron chi connectivity index (χ2n) is 4.56. The molecule has 1 aromatic carbocycles. The topological polar surface area (TPSA) is 74.2 Å². The van der Waals surface area contributed by atoms with Crippen LogP contribution in [0.15, 0.2) is 28.8 Å². The van der Waals surface area contributed by atoms with Crippen molar-refractivity contribution in [3.05, 3.63) is 35.7 Å². The summed E-state index contributed by atoms with van der Waals surface area (Å²) in [6, 6.07) is 7.75. The first-order valence-electron chi connectivity index (χ1n) is 6.36. The number of hydrogen-bond acceptors (Lipinski definition) is 5. The molecule has 2 N–H and O–H groups in total. The average molecular weight is 261 g/mol. The molecule has 5 nitrogen and oxygen atoms in total. The highest BCUT2D eigenvalue weighted by atomic mass is 16.5. The summed E-state index contributed by atoms with van der Waals surface area (Å²) in [5, 5.41) is 3.97. The molecule has 102 valence electrons. The number of benzene rings is 1. The van der Waals surface area contributed by atoms with Crippen LogP contribution in [-0.2, 0) is 4.74 Å². The maximum absolute atomic E-state index is 6.00. The normalized spacial score (nSPS) is 12.6. The Hall–Kier alpha value is -1.72. The minimum absolute atomic E-state index is 0.234. The zero-order valence-corrected chi connectivity index (χ0v) is 11.3. The largest absolute Gasteiger partial charge is 0.385 e. The van der Waals surface area contributed by atoms with Crippen molar-refractivity contribution in [3.8, 4) is 11.4 Å². The molecule has 1 unspecified atom stereocenters. The van der Waals surface area contributed by atoms with Crippen molar-refractivity contribution in [2.24, 2.45) is 5.73 Å². The number of aryl methyl sites for hydroxylation is 1. The van der Waals surface area contributed by atoms with Crippen molar-refractivity contribution in [1.82, 2.24) is 10.1 Å². The van der Waals surface area contributed by atoms with Gasteiger partial charge < -0.3 is 15.0 Å². The van der Waals surface area contributed by atoms with Crippen LogP contribution in [0.3, 0.4) is 0 Å². The lowest BCUT2D eigenvalue weighted by atomic mass is 10.1. The van der Waals surface area contributed by atoms with Gasteiger partial charge in [-0.1, -0.05) is 35.0 Å². The van der Waals surface area contributed by atoms with Crippen LogP contribution in [-0.4, -0.2) is 23.9 Å². The second-order valence-corrected chi connectivity index (χ2v) is 4.56. The molecule has 0 spiro atoms. The third-order valence-corrected chi connectivity index (χ3v) is 2.93. The molecule has 1 heterocycles. The molecule has 0 aliphatic carbocycles. The summed E-state index contributed by atoms with van der Waals surface area (Å²) in [7, 11) is 1.67. The molecule has 1 atom stereocenters. The summed E-state index contributed by atoms with van der Waals surface area (Å²) in [5.74, 6) is 1.06. The lowest BCUT2D eigenvalue weighted by molar-refractivity contribution is 0.188. The lowest BCUT2D eigenvalue weighted by Crippen LogP contribution is -2.11. The monoisotopic (exact) mass is 261 g/mol. The Morgan fingerprint density at radius 3 is 2.74 bits per heavy atom. The summed E-state index contributed by atoms with van der Waals surface area (Å²) in [6.07, 6.45) is 1.64. The molecule has 0 bridgehead atoms. The summed E-state index contributed by atoms with van der Waals surface area (Å²) in [5.41, 5.74) is 8.13. The molecule has 0 aliphatic rings. The van der Waals surface area contributed by atoms with Gasteiger partial charge in [0, 0.05) is 19.3 Å². The van der Waals surface area contributed by atoms with E-state index in [0.29, 0.717) is 18.3 Å². The van der Waals surface area contributed by atoms with Crippen LogP contribution in [0.2, 0.25) is 0 Å². The molecule has 0 fully saturated rings. The number of ether oxygens (including phenoxy) is 1. The van der Waals surface area contributed by atoms with Crippen LogP contribution in [0.25, 0.3) is 11.4 Å². The van der Waals surface area contributed by atoms with Gasteiger partial charge in [0.25, 0.3) is 0 Å². The van der Waals surface area contributed by atoms with E-state index in [1.807, 2.05) is 31.2 Å². The van der Waals surface area contributed by atoms with Gasteiger partial charge in [-0.3, -0.25) is 0 Å². The van der Waals surface area contributed by atoms with Gasteiger partial charge in [0.2, 0.25) is 11.7 Å². The van der Waals surface area contributed by atoms with Crippen molar-refractivity contribution in [2.45, 2.75) is 25.8 Å². The van der Waals surface area contributed by atoms with Crippen LogP contribution >= 0.6 is 0 Å². The first-order chi connectivity index (χ1) is 9.20. The smallest absolute Gasteiger partial charge is 0.243 e. The van der Waals surface area contributed by atoms with Gasteiger partial charge in [0.1, 0.15) is 0 Å². The minimum Gasteiger partial charge on any atom is -0.385 e. The molecule has 19 heavy (non-hydrogen) atoms. The number of nitrogens with zero attached hydrogens (tertiary/aromatic N) is 2. The van der Waals surface area contributed by atoms with Gasteiger partial charge in [-0.15, -0.1) is 0 Å². The maximum Gasteiger partial charge on any atom is 0.243 e. The van der Waals surface area contributed by atoms with E-state index in [-0.39, 0.29) is 6.04 Å². The Bertz CT molecular complexity index is 508. The Kier molecular flexibility index (Phi) is 4.65. The lowest BCUT2D eigenvalue weighted by Gasteiger charge is -2.04. The van der Waals surface area contributed by atoms with Crippen molar-refractivity contribution >= 4 is 0 Å². The van der Waals surface area contributed by atoms with E-state index in [1.54, 1.807) is 7.11 Å². The molecule has 2 aromatic rings. The number of hydrogen-bond donors (Lipinski definition) is 1. The fourth-order valence-corrected chi connectivity index (χ4v) is 1.78. The zero-order chi connectivity index (χ0) is 13.7. The van der Waals surface area contributed by atoms with Crippen LogP contribution in [0.5, 0.6) is 0 Å². The summed E-state index contributed by atoms with van der Waals surface area (Å²) < 4.78 is 10.2. The Morgan fingerprint density at radius 1 is 1.32 bits per heavy atom. The summed E-state index contributed by atoms with van der Waals surface area (Å²) in [6.45, 7) is 2.73. The highest BCUT2D eigenvalue weighted by Crippen LogP contribution is 2.20. The highest BCUT2D eigenvalue weighted by Gasteiger charge is 2.15. The highest BCUT2D eigenvalue weighted by molar-refractivity contribution is 5.54. The standard InChI is InChI=1S/C14H19N3O2/c1-10-5-7-11(8-6-10)13-16-14(19-17-13)12(15)4-3-9-18-2/h5-8,12H,3-4,9,15H2,1-2H3. The average Bonchev–Trinajstić information content (AvgIpc) is 2.89. The van der Waals surface area contributed by atoms with Crippen molar-refractivity contribution in [2.75, 3.05) is 13.7 Å². The van der Waals surface area contributed by atoms with Crippen molar-refractivity contribution in [1.29, 1.82) is 0 Å². The molecule has 5 heteroatoms. The molecule has 0 amide bonds. The molecule has 0 aliphatic heterocycles. The van der Waals surface area contributed by atoms with E-state index < -0.39 is 0 Å². The first-order valence-corrected chi connectivity index (χ1v) is 6.36. The number of aromatic nitrogens is 2. The summed E-state index contributed by atoms with van der Waals surface area (Å²) in [4.78, 5) is 4.35. The fraction of sp³-hybridized carbons (Fsp3) is 0.429. The van der Waals surface area contributed by atoms with Gasteiger partial charge >= 0.3 is 0 Å². The predicted molar refractivity (Wildman–Crippen MR) is 72.5 cm³/mol. The molecule has 0 radical (unpaired) electrons. The number of rotatable bonds is 6. The van der Waals surface area contributed by atoms with Gasteiger partial charge in [-0.25, -0.2) is 0 Å². The Balaban J connectivity index is 2.04. The Labute approximate surface area is 112 Å². The predicted octanol–water partition coefficient (Wildman–Crippen LogP) is 2.47. The van der Waals surface area contributed by atoms with Crippen LogP contribution in [0.4, 0.5) is 0 Å². The quantitative estimate of drug-likeness (QED) is 0.808. The van der Waals surface area contributed by atoms with Crippen LogP contribution in [0.1, 0.15) is 30.3 Å². The van der Waals surface area contributed by atoms with Gasteiger partial charge in [0.05, 0.1) is 6.04 Å². The SMILES string of the molecule is COCCCC(N)c1nc(-c2ccc(C)cc2)no1. The first kappa shape index (κ1) is 13.7. The van der Waals surface area contributed by atoms with Gasteiger partial charge in [-0.2, -0.15) is 4.98 Å². The minimum atomic E-state index is -0.234. The van der Waals surface area contributed by atoms with E-state index in [2.05, 4.69) is 10.1 Å². The van der Waals surface area contributed by atoms with E-state index in [4.69, 9.17) is 15.0 Å². The molecule has 1 aromatic heterocycles. The van der Waals surface area contributed by atoms with E-state index in [1.165, 1.54) is 5.56 Å². The molecular weight excluding hydrogens is 242 g/mol. The number of nitrogens with two attached hydrogens (primary N) is 1. The van der Waals surface area contributed by atoms with Crippen LogP contribution < -0.4 is 5.73 Å². The maximum atomic E-state index is 6.00.